The first-order valence-electron chi connectivity index (χ1n) is 7.92. The van der Waals surface area contributed by atoms with Gasteiger partial charge in [-0.2, -0.15) is 18.3 Å². The van der Waals surface area contributed by atoms with Crippen molar-refractivity contribution in [2.75, 3.05) is 19.6 Å². The zero-order chi connectivity index (χ0) is 17.0. The molecule has 0 radical (unpaired) electrons. The number of hydrogen-bond acceptors (Lipinski definition) is 3. The smallest absolute Gasteiger partial charge is 0.348 e. The normalized spacial score (nSPS) is 18.8. The SMILES string of the molecule is CCn1ccc(C(=O)NC(C)C2CCN(CC(F)(F)F)CC2)n1. The van der Waals surface area contributed by atoms with Gasteiger partial charge >= 0.3 is 6.18 Å². The summed E-state index contributed by atoms with van der Waals surface area (Å²) in [5.41, 5.74) is 0.369. The van der Waals surface area contributed by atoms with Crippen molar-refractivity contribution in [3.8, 4) is 0 Å². The molecule has 1 N–H and O–H groups in total. The number of nitrogens with zero attached hydrogens (tertiary/aromatic N) is 3. The lowest BCUT2D eigenvalue weighted by Crippen LogP contribution is -2.46. The van der Waals surface area contributed by atoms with Gasteiger partial charge in [0.25, 0.3) is 5.91 Å². The van der Waals surface area contributed by atoms with Gasteiger partial charge in [0.05, 0.1) is 6.54 Å². The van der Waals surface area contributed by atoms with Crippen molar-refractivity contribution in [1.82, 2.24) is 20.0 Å². The third-order valence-corrected chi connectivity index (χ3v) is 4.30. The van der Waals surface area contributed by atoms with E-state index < -0.39 is 12.7 Å². The summed E-state index contributed by atoms with van der Waals surface area (Å²) in [6, 6.07) is 1.58. The number of alkyl halides is 3. The predicted molar refractivity (Wildman–Crippen MR) is 80.0 cm³/mol. The van der Waals surface area contributed by atoms with Gasteiger partial charge in [-0.15, -0.1) is 0 Å². The molecular formula is C15H23F3N4O. The van der Waals surface area contributed by atoms with Crippen LogP contribution in [0.15, 0.2) is 12.3 Å². The van der Waals surface area contributed by atoms with Crippen molar-refractivity contribution in [3.05, 3.63) is 18.0 Å². The van der Waals surface area contributed by atoms with Gasteiger partial charge in [-0.3, -0.25) is 14.4 Å². The molecule has 1 atom stereocenters. The highest BCUT2D eigenvalue weighted by Gasteiger charge is 2.33. The number of carbonyl (C=O) groups excluding carboxylic acids is 1. The van der Waals surface area contributed by atoms with E-state index in [1.54, 1.807) is 16.9 Å². The molecule has 1 amide bonds. The Hall–Kier alpha value is -1.57. The fraction of sp³-hybridized carbons (Fsp3) is 0.733. The monoisotopic (exact) mass is 332 g/mol. The molecule has 1 fully saturated rings. The summed E-state index contributed by atoms with van der Waals surface area (Å²) in [5, 5.41) is 7.06. The highest BCUT2D eigenvalue weighted by atomic mass is 19.4. The van der Waals surface area contributed by atoms with Gasteiger partial charge in [-0.05, 0) is 51.8 Å². The summed E-state index contributed by atoms with van der Waals surface area (Å²) >= 11 is 0. The van der Waals surface area contributed by atoms with Crippen LogP contribution in [0, 0.1) is 5.92 Å². The Labute approximate surface area is 133 Å². The number of likely N-dealkylation sites (tertiary alicyclic amines) is 1. The highest BCUT2D eigenvalue weighted by Crippen LogP contribution is 2.24. The minimum atomic E-state index is -4.15. The fourth-order valence-electron chi connectivity index (χ4n) is 2.92. The van der Waals surface area contributed by atoms with E-state index in [4.69, 9.17) is 0 Å². The van der Waals surface area contributed by atoms with E-state index in [0.717, 1.165) is 0 Å². The third-order valence-electron chi connectivity index (χ3n) is 4.30. The molecule has 1 aliphatic rings. The summed E-state index contributed by atoms with van der Waals surface area (Å²) in [4.78, 5) is 13.6. The topological polar surface area (TPSA) is 50.2 Å². The van der Waals surface area contributed by atoms with Crippen molar-refractivity contribution in [1.29, 1.82) is 0 Å². The lowest BCUT2D eigenvalue weighted by molar-refractivity contribution is -0.148. The van der Waals surface area contributed by atoms with E-state index in [1.807, 2.05) is 13.8 Å². The van der Waals surface area contributed by atoms with E-state index in [0.29, 0.717) is 38.2 Å². The van der Waals surface area contributed by atoms with Crippen LogP contribution >= 0.6 is 0 Å². The van der Waals surface area contributed by atoms with E-state index in [2.05, 4.69) is 10.4 Å². The number of amides is 1. The number of piperidine rings is 1. The van der Waals surface area contributed by atoms with Gasteiger partial charge in [0.1, 0.15) is 5.69 Å². The minimum absolute atomic E-state index is 0.0812. The number of halogens is 3. The van der Waals surface area contributed by atoms with Crippen LogP contribution in [0.25, 0.3) is 0 Å². The largest absolute Gasteiger partial charge is 0.401 e. The Bertz CT molecular complexity index is 521. The maximum absolute atomic E-state index is 12.4. The molecule has 8 heteroatoms. The Balaban J connectivity index is 1.80. The standard InChI is InChI=1S/C15H23F3N4O/c1-3-22-9-6-13(20-22)14(23)19-11(2)12-4-7-21(8-5-12)10-15(16,17)18/h6,9,11-12H,3-5,7-8,10H2,1-2H3,(H,19,23). The number of nitrogens with one attached hydrogen (secondary N) is 1. The molecule has 0 spiro atoms. The minimum Gasteiger partial charge on any atom is -0.348 e. The second kappa shape index (κ2) is 7.33. The lowest BCUT2D eigenvalue weighted by Gasteiger charge is -2.35. The molecule has 1 saturated heterocycles. The zero-order valence-electron chi connectivity index (χ0n) is 13.4. The van der Waals surface area contributed by atoms with E-state index in [9.17, 15) is 18.0 Å². The maximum atomic E-state index is 12.4. The first-order chi connectivity index (χ1) is 10.8. The van der Waals surface area contributed by atoms with Crippen molar-refractivity contribution >= 4 is 5.91 Å². The molecule has 0 saturated carbocycles. The number of hydrogen-bond donors (Lipinski definition) is 1. The summed E-state index contributed by atoms with van der Waals surface area (Å²) in [6.45, 7) is 4.50. The molecule has 0 aromatic carbocycles. The van der Waals surface area contributed by atoms with Gasteiger partial charge < -0.3 is 5.32 Å². The Kier molecular flexibility index (Phi) is 5.67. The Morgan fingerprint density at radius 3 is 2.61 bits per heavy atom. The van der Waals surface area contributed by atoms with Crippen LogP contribution in [0.2, 0.25) is 0 Å². The van der Waals surface area contributed by atoms with Gasteiger partial charge in [0, 0.05) is 18.8 Å². The number of carbonyl (C=O) groups is 1. The van der Waals surface area contributed by atoms with Crippen molar-refractivity contribution in [2.45, 2.75) is 45.5 Å². The van der Waals surface area contributed by atoms with Gasteiger partial charge in [-0.1, -0.05) is 0 Å². The van der Waals surface area contributed by atoms with Gasteiger partial charge in [-0.25, -0.2) is 0 Å². The van der Waals surface area contributed by atoms with Gasteiger partial charge in [0.2, 0.25) is 0 Å². The lowest BCUT2D eigenvalue weighted by atomic mass is 9.90. The van der Waals surface area contributed by atoms with Crippen LogP contribution < -0.4 is 5.32 Å². The second-order valence-electron chi connectivity index (χ2n) is 6.05. The number of rotatable bonds is 5. The molecule has 0 aliphatic carbocycles. The maximum Gasteiger partial charge on any atom is 0.401 e. The average molecular weight is 332 g/mol. The first kappa shape index (κ1) is 17.8. The van der Waals surface area contributed by atoms with Crippen LogP contribution in [-0.4, -0.2) is 52.4 Å². The van der Waals surface area contributed by atoms with Crippen LogP contribution in [0.4, 0.5) is 13.2 Å². The van der Waals surface area contributed by atoms with Crippen molar-refractivity contribution in [2.24, 2.45) is 5.92 Å². The summed E-state index contributed by atoms with van der Waals surface area (Å²) < 4.78 is 38.8. The van der Waals surface area contributed by atoms with Crippen LogP contribution in [0.1, 0.15) is 37.2 Å². The number of aryl methyl sites for hydroxylation is 1. The molecule has 5 nitrogen and oxygen atoms in total. The molecule has 2 heterocycles. The average Bonchev–Trinajstić information content (AvgIpc) is 2.95. The van der Waals surface area contributed by atoms with Crippen LogP contribution in [-0.2, 0) is 6.54 Å². The van der Waals surface area contributed by atoms with E-state index >= 15 is 0 Å². The van der Waals surface area contributed by atoms with Crippen molar-refractivity contribution < 1.29 is 18.0 Å². The molecule has 1 aromatic heterocycles. The van der Waals surface area contributed by atoms with Crippen molar-refractivity contribution in [3.63, 3.8) is 0 Å². The fourth-order valence-corrected chi connectivity index (χ4v) is 2.92. The molecule has 2 rings (SSSR count). The first-order valence-corrected chi connectivity index (χ1v) is 7.92. The molecule has 1 aromatic rings. The summed E-state index contributed by atoms with van der Waals surface area (Å²) in [7, 11) is 0. The quantitative estimate of drug-likeness (QED) is 0.900. The van der Waals surface area contributed by atoms with Gasteiger partial charge in [0.15, 0.2) is 0 Å². The molecule has 23 heavy (non-hydrogen) atoms. The third kappa shape index (κ3) is 5.23. The summed E-state index contributed by atoms with van der Waals surface area (Å²) in [6.07, 6.45) is -1.10. The van der Waals surface area contributed by atoms with Crippen LogP contribution in [0.3, 0.4) is 0 Å². The Morgan fingerprint density at radius 1 is 1.43 bits per heavy atom. The van der Waals surface area contributed by atoms with Crippen LogP contribution in [0.5, 0.6) is 0 Å². The highest BCUT2D eigenvalue weighted by molar-refractivity contribution is 5.92. The Morgan fingerprint density at radius 2 is 2.09 bits per heavy atom. The van der Waals surface area contributed by atoms with E-state index in [1.165, 1.54) is 4.90 Å². The zero-order valence-corrected chi connectivity index (χ0v) is 13.4. The number of aromatic nitrogens is 2. The predicted octanol–water partition coefficient (Wildman–Crippen LogP) is 2.30. The summed E-state index contributed by atoms with van der Waals surface area (Å²) in [5.74, 6) is -0.0425. The molecule has 0 bridgehead atoms. The molecule has 130 valence electrons. The molecular weight excluding hydrogens is 309 g/mol. The molecule has 1 aliphatic heterocycles. The molecule has 1 unspecified atom stereocenters. The van der Waals surface area contributed by atoms with E-state index in [-0.39, 0.29) is 17.9 Å². The second-order valence-corrected chi connectivity index (χ2v) is 6.05.